The predicted molar refractivity (Wildman–Crippen MR) is 73.1 cm³/mol. The third-order valence-corrected chi connectivity index (χ3v) is 3.37. The zero-order valence-electron chi connectivity index (χ0n) is 9.90. The van der Waals surface area contributed by atoms with E-state index < -0.39 is 16.0 Å². The number of hydrogen-bond donors (Lipinski definition) is 3. The van der Waals surface area contributed by atoms with Crippen molar-refractivity contribution in [1.82, 2.24) is 4.72 Å². The molecule has 0 aliphatic carbocycles. The second kappa shape index (κ2) is 5.59. The van der Waals surface area contributed by atoms with Gasteiger partial charge in [-0.3, -0.25) is 4.72 Å². The Morgan fingerprint density at radius 2 is 2.06 bits per heavy atom. The molecule has 0 fully saturated rings. The van der Waals surface area contributed by atoms with Crippen LogP contribution in [0.2, 0.25) is 0 Å². The highest BCUT2D eigenvalue weighted by atomic mass is 32.2. The number of anilines is 1. The normalized spacial score (nSPS) is 11.6. The van der Waals surface area contributed by atoms with Crippen molar-refractivity contribution in [1.29, 1.82) is 0 Å². The molecular formula is C10H14FN3O2S2. The van der Waals surface area contributed by atoms with Gasteiger partial charge >= 0.3 is 0 Å². The summed E-state index contributed by atoms with van der Waals surface area (Å²) in [4.78, 5) is -0.0863. The van der Waals surface area contributed by atoms with Crippen LogP contribution in [0.3, 0.4) is 0 Å². The number of rotatable bonds is 5. The smallest absolute Gasteiger partial charge is 0.299 e. The Morgan fingerprint density at radius 1 is 1.44 bits per heavy atom. The zero-order chi connectivity index (χ0) is 13.9. The van der Waals surface area contributed by atoms with Gasteiger partial charge < -0.3 is 5.73 Å². The van der Waals surface area contributed by atoms with Gasteiger partial charge in [0, 0.05) is 11.6 Å². The molecule has 0 heterocycles. The molecule has 18 heavy (non-hydrogen) atoms. The first-order valence-electron chi connectivity index (χ1n) is 5.10. The van der Waals surface area contributed by atoms with Crippen LogP contribution in [0.15, 0.2) is 18.2 Å². The van der Waals surface area contributed by atoms with Gasteiger partial charge in [0.2, 0.25) is 0 Å². The van der Waals surface area contributed by atoms with E-state index in [0.29, 0.717) is 0 Å². The fraction of sp³-hybridized carbons (Fsp3) is 0.300. The molecule has 0 amide bonds. The largest absolute Gasteiger partial charge is 0.389 e. The molecule has 1 aromatic carbocycles. The lowest BCUT2D eigenvalue weighted by atomic mass is 10.2. The van der Waals surface area contributed by atoms with Crippen LogP contribution in [0.25, 0.3) is 0 Å². The molecule has 1 rings (SSSR count). The van der Waals surface area contributed by atoms with E-state index in [1.807, 2.05) is 0 Å². The Morgan fingerprint density at radius 3 is 2.56 bits per heavy atom. The average molecular weight is 291 g/mol. The summed E-state index contributed by atoms with van der Waals surface area (Å²) in [7, 11) is -3.74. The molecule has 0 saturated carbocycles. The van der Waals surface area contributed by atoms with Crippen molar-refractivity contribution in [2.75, 3.05) is 4.72 Å². The minimum Gasteiger partial charge on any atom is -0.389 e. The van der Waals surface area contributed by atoms with Gasteiger partial charge in [-0.2, -0.15) is 13.1 Å². The van der Waals surface area contributed by atoms with E-state index >= 15 is 0 Å². The van der Waals surface area contributed by atoms with Gasteiger partial charge in [0.15, 0.2) is 0 Å². The number of thiocarbonyl (C=S) groups is 1. The second-order valence-electron chi connectivity index (χ2n) is 3.93. The van der Waals surface area contributed by atoms with Gasteiger partial charge in [-0.05, 0) is 32.0 Å². The first-order valence-corrected chi connectivity index (χ1v) is 7.00. The van der Waals surface area contributed by atoms with Crippen LogP contribution in [0.1, 0.15) is 19.4 Å². The summed E-state index contributed by atoms with van der Waals surface area (Å²) in [5, 5.41) is 0. The van der Waals surface area contributed by atoms with Crippen molar-refractivity contribution >= 4 is 33.1 Å². The number of halogens is 1. The molecule has 0 unspecified atom stereocenters. The average Bonchev–Trinajstić information content (AvgIpc) is 2.18. The Hall–Kier alpha value is -1.25. The third kappa shape index (κ3) is 4.21. The summed E-state index contributed by atoms with van der Waals surface area (Å²) in [5.74, 6) is -0.544. The van der Waals surface area contributed by atoms with Crippen LogP contribution in [0.5, 0.6) is 0 Å². The zero-order valence-corrected chi connectivity index (χ0v) is 11.5. The highest BCUT2D eigenvalue weighted by molar-refractivity contribution is 7.90. The van der Waals surface area contributed by atoms with E-state index in [-0.39, 0.29) is 22.3 Å². The van der Waals surface area contributed by atoms with Crippen molar-refractivity contribution in [3.05, 3.63) is 29.6 Å². The summed E-state index contributed by atoms with van der Waals surface area (Å²) in [5.41, 5.74) is 5.69. The molecule has 100 valence electrons. The van der Waals surface area contributed by atoms with Crippen LogP contribution in [0, 0.1) is 5.82 Å². The number of nitrogens with one attached hydrogen (secondary N) is 2. The molecule has 0 aromatic heterocycles. The third-order valence-electron chi connectivity index (χ3n) is 1.88. The molecule has 0 saturated heterocycles. The Labute approximate surface area is 111 Å². The molecule has 0 spiro atoms. The highest BCUT2D eigenvalue weighted by Crippen LogP contribution is 2.18. The van der Waals surface area contributed by atoms with E-state index in [9.17, 15) is 12.8 Å². The molecule has 0 aliphatic heterocycles. The summed E-state index contributed by atoms with van der Waals surface area (Å²) in [6, 6.07) is 3.20. The lowest BCUT2D eigenvalue weighted by Crippen LogP contribution is -2.35. The highest BCUT2D eigenvalue weighted by Gasteiger charge is 2.15. The Bertz CT molecular complexity index is 558. The molecule has 0 radical (unpaired) electrons. The fourth-order valence-corrected chi connectivity index (χ4v) is 2.61. The van der Waals surface area contributed by atoms with Crippen LogP contribution in [-0.2, 0) is 10.2 Å². The van der Waals surface area contributed by atoms with E-state index in [4.69, 9.17) is 18.0 Å². The lowest BCUT2D eigenvalue weighted by molar-refractivity contribution is 0.575. The minimum absolute atomic E-state index is 0.0863. The van der Waals surface area contributed by atoms with E-state index in [2.05, 4.69) is 9.44 Å². The fourth-order valence-electron chi connectivity index (χ4n) is 1.29. The molecule has 5 nitrogen and oxygen atoms in total. The summed E-state index contributed by atoms with van der Waals surface area (Å²) >= 11 is 4.74. The Balaban J connectivity index is 3.08. The van der Waals surface area contributed by atoms with Crippen LogP contribution in [-0.4, -0.2) is 19.4 Å². The van der Waals surface area contributed by atoms with E-state index in [1.54, 1.807) is 13.8 Å². The first-order chi connectivity index (χ1) is 8.21. The second-order valence-corrected chi connectivity index (χ2v) is 5.82. The van der Waals surface area contributed by atoms with Crippen LogP contribution < -0.4 is 15.2 Å². The van der Waals surface area contributed by atoms with E-state index in [0.717, 1.165) is 12.1 Å². The van der Waals surface area contributed by atoms with Crippen LogP contribution >= 0.6 is 12.2 Å². The molecule has 0 bridgehead atoms. The van der Waals surface area contributed by atoms with Crippen molar-refractivity contribution in [3.63, 3.8) is 0 Å². The van der Waals surface area contributed by atoms with Crippen LogP contribution in [0.4, 0.5) is 10.1 Å². The monoisotopic (exact) mass is 291 g/mol. The molecular weight excluding hydrogens is 277 g/mol. The molecule has 0 atom stereocenters. The van der Waals surface area contributed by atoms with Gasteiger partial charge in [-0.15, -0.1) is 0 Å². The SMILES string of the molecule is CC(C)NS(=O)(=O)Nc1ccc(F)cc1C(N)=S. The number of benzene rings is 1. The van der Waals surface area contributed by atoms with Gasteiger partial charge in [0.25, 0.3) is 10.2 Å². The molecule has 0 aliphatic rings. The summed E-state index contributed by atoms with van der Waals surface area (Å²) < 4.78 is 41.0. The first kappa shape index (κ1) is 14.8. The quantitative estimate of drug-likeness (QED) is 0.710. The minimum atomic E-state index is -3.74. The van der Waals surface area contributed by atoms with E-state index in [1.165, 1.54) is 6.07 Å². The molecule has 1 aromatic rings. The summed E-state index contributed by atoms with van der Waals surface area (Å²) in [6.07, 6.45) is 0. The van der Waals surface area contributed by atoms with Gasteiger partial charge in [-0.1, -0.05) is 12.2 Å². The summed E-state index contributed by atoms with van der Waals surface area (Å²) in [6.45, 7) is 3.36. The maximum Gasteiger partial charge on any atom is 0.299 e. The molecule has 4 N–H and O–H groups in total. The van der Waals surface area contributed by atoms with Gasteiger partial charge in [0.05, 0.1) is 5.69 Å². The lowest BCUT2D eigenvalue weighted by Gasteiger charge is -2.14. The van der Waals surface area contributed by atoms with Crippen molar-refractivity contribution in [2.45, 2.75) is 19.9 Å². The Kier molecular flexibility index (Phi) is 4.60. The maximum absolute atomic E-state index is 13.0. The van der Waals surface area contributed by atoms with Gasteiger partial charge in [0.1, 0.15) is 10.8 Å². The van der Waals surface area contributed by atoms with Gasteiger partial charge in [-0.25, -0.2) is 4.39 Å². The van der Waals surface area contributed by atoms with Crippen molar-refractivity contribution < 1.29 is 12.8 Å². The van der Waals surface area contributed by atoms with Crippen molar-refractivity contribution in [3.8, 4) is 0 Å². The molecule has 8 heteroatoms. The maximum atomic E-state index is 13.0. The predicted octanol–water partition coefficient (Wildman–Crippen LogP) is 1.11. The number of nitrogens with two attached hydrogens (primary N) is 1. The topological polar surface area (TPSA) is 84.2 Å². The standard InChI is InChI=1S/C10H14FN3O2S2/c1-6(2)13-18(15,16)14-9-4-3-7(11)5-8(9)10(12)17/h3-6,13-14H,1-2H3,(H2,12,17). The number of hydrogen-bond acceptors (Lipinski definition) is 3. The van der Waals surface area contributed by atoms with Crippen molar-refractivity contribution in [2.24, 2.45) is 5.73 Å².